The van der Waals surface area contributed by atoms with E-state index in [0.29, 0.717) is 17.1 Å². The van der Waals surface area contributed by atoms with E-state index < -0.39 is 0 Å². The molecule has 2 aromatic carbocycles. The average Bonchev–Trinajstić information content (AvgIpc) is 2.43. The van der Waals surface area contributed by atoms with Crippen LogP contribution in [0, 0.1) is 0 Å². The van der Waals surface area contributed by atoms with Crippen molar-refractivity contribution < 1.29 is 14.3 Å². The zero-order valence-electron chi connectivity index (χ0n) is 10.0. The van der Waals surface area contributed by atoms with Crippen LogP contribution in [0.2, 0.25) is 0 Å². The molecule has 2 rings (SSSR count). The Bertz CT molecular complexity index is 594. The summed E-state index contributed by atoms with van der Waals surface area (Å²) in [7, 11) is 1.60. The zero-order valence-corrected chi connectivity index (χ0v) is 13.2. The molecule has 0 unspecified atom stereocenters. The Morgan fingerprint density at radius 3 is 2.16 bits per heavy atom. The summed E-state index contributed by atoms with van der Waals surface area (Å²) in [6, 6.07) is 10.5. The normalized spacial score (nSPS) is 10.1. The van der Waals surface area contributed by atoms with E-state index in [0.717, 1.165) is 21.0 Å². The molecule has 0 radical (unpaired) electrons. The lowest BCUT2D eigenvalue weighted by Crippen LogP contribution is -1.89. The number of carbonyl (C=O) groups is 1. The van der Waals surface area contributed by atoms with Crippen LogP contribution in [0.5, 0.6) is 17.2 Å². The van der Waals surface area contributed by atoms with Gasteiger partial charge in [-0.15, -0.1) is 0 Å². The van der Waals surface area contributed by atoms with E-state index in [2.05, 4.69) is 31.9 Å². The van der Waals surface area contributed by atoms with Crippen molar-refractivity contribution in [3.05, 3.63) is 50.9 Å². The molecule has 0 saturated heterocycles. The number of halogens is 2. The molecular formula is C14H10Br2O3. The molecule has 0 saturated carbocycles. The Hall–Kier alpha value is -1.33. The number of methoxy groups -OCH3 is 1. The van der Waals surface area contributed by atoms with Crippen LogP contribution in [0.25, 0.3) is 0 Å². The van der Waals surface area contributed by atoms with E-state index >= 15 is 0 Å². The van der Waals surface area contributed by atoms with Crippen LogP contribution >= 0.6 is 31.9 Å². The molecule has 0 aromatic heterocycles. The monoisotopic (exact) mass is 384 g/mol. The Morgan fingerprint density at radius 1 is 1.00 bits per heavy atom. The predicted octanol–water partition coefficient (Wildman–Crippen LogP) is 4.83. The van der Waals surface area contributed by atoms with Crippen LogP contribution in [-0.4, -0.2) is 13.4 Å². The highest BCUT2D eigenvalue weighted by Crippen LogP contribution is 2.38. The van der Waals surface area contributed by atoms with Crippen molar-refractivity contribution in [2.75, 3.05) is 7.11 Å². The van der Waals surface area contributed by atoms with Gasteiger partial charge in [-0.25, -0.2) is 0 Å². The highest BCUT2D eigenvalue weighted by atomic mass is 79.9. The molecule has 0 atom stereocenters. The van der Waals surface area contributed by atoms with Crippen molar-refractivity contribution in [1.29, 1.82) is 0 Å². The zero-order chi connectivity index (χ0) is 13.8. The predicted molar refractivity (Wildman–Crippen MR) is 80.3 cm³/mol. The highest BCUT2D eigenvalue weighted by molar-refractivity contribution is 9.11. The molecule has 0 aliphatic heterocycles. The number of benzene rings is 2. The first-order valence-corrected chi connectivity index (χ1v) is 6.99. The lowest BCUT2D eigenvalue weighted by Gasteiger charge is -2.11. The Morgan fingerprint density at radius 2 is 1.58 bits per heavy atom. The Balaban J connectivity index is 2.27. The van der Waals surface area contributed by atoms with Crippen molar-refractivity contribution in [3.63, 3.8) is 0 Å². The number of ether oxygens (including phenoxy) is 2. The third kappa shape index (κ3) is 3.36. The van der Waals surface area contributed by atoms with Crippen molar-refractivity contribution in [3.8, 4) is 17.2 Å². The molecule has 5 heteroatoms. The van der Waals surface area contributed by atoms with E-state index in [1.807, 2.05) is 12.1 Å². The van der Waals surface area contributed by atoms with Gasteiger partial charge in [0, 0.05) is 5.56 Å². The summed E-state index contributed by atoms with van der Waals surface area (Å²) in [5.74, 6) is 2.03. The van der Waals surface area contributed by atoms with E-state index in [9.17, 15) is 4.79 Å². The van der Waals surface area contributed by atoms with Gasteiger partial charge in [0.2, 0.25) is 0 Å². The van der Waals surface area contributed by atoms with Gasteiger partial charge in [-0.2, -0.15) is 0 Å². The molecule has 0 N–H and O–H groups in total. The van der Waals surface area contributed by atoms with Crippen molar-refractivity contribution in [2.45, 2.75) is 0 Å². The second-order valence-electron chi connectivity index (χ2n) is 3.71. The summed E-state index contributed by atoms with van der Waals surface area (Å²) >= 11 is 6.83. The number of hydrogen-bond acceptors (Lipinski definition) is 3. The summed E-state index contributed by atoms with van der Waals surface area (Å²) in [6.07, 6.45) is 0.795. The molecule has 0 heterocycles. The largest absolute Gasteiger partial charge is 0.496 e. The topological polar surface area (TPSA) is 35.5 Å². The standard InChI is InChI=1S/C14H10Br2O3/c1-18-13-6-12(16)14(7-11(13)15)19-10-4-2-9(8-17)3-5-10/h2-8H,1H3. The third-order valence-electron chi connectivity index (χ3n) is 2.45. The fourth-order valence-electron chi connectivity index (χ4n) is 1.49. The van der Waals surface area contributed by atoms with E-state index in [1.54, 1.807) is 31.4 Å². The first-order chi connectivity index (χ1) is 9.13. The molecule has 19 heavy (non-hydrogen) atoms. The minimum atomic E-state index is 0.613. The summed E-state index contributed by atoms with van der Waals surface area (Å²) in [6.45, 7) is 0. The van der Waals surface area contributed by atoms with Gasteiger partial charge < -0.3 is 9.47 Å². The first kappa shape index (κ1) is 14.1. The van der Waals surface area contributed by atoms with Crippen LogP contribution in [0.3, 0.4) is 0 Å². The first-order valence-electron chi connectivity index (χ1n) is 5.40. The number of aldehydes is 1. The fraction of sp³-hybridized carbons (Fsp3) is 0.0714. The second-order valence-corrected chi connectivity index (χ2v) is 5.41. The summed E-state index contributed by atoms with van der Waals surface area (Å²) in [5.41, 5.74) is 0.613. The molecule has 98 valence electrons. The Labute approximate surface area is 127 Å². The molecule has 0 aliphatic rings. The van der Waals surface area contributed by atoms with Crippen LogP contribution in [0.4, 0.5) is 0 Å². The van der Waals surface area contributed by atoms with Gasteiger partial charge in [-0.05, 0) is 68.3 Å². The fourth-order valence-corrected chi connectivity index (χ4v) is 2.37. The van der Waals surface area contributed by atoms with Gasteiger partial charge in [-0.1, -0.05) is 0 Å². The number of carbonyl (C=O) groups excluding carboxylic acids is 1. The maximum atomic E-state index is 10.6. The molecule has 0 fully saturated rings. The maximum Gasteiger partial charge on any atom is 0.150 e. The van der Waals surface area contributed by atoms with Crippen molar-refractivity contribution >= 4 is 38.1 Å². The van der Waals surface area contributed by atoms with E-state index in [1.165, 1.54) is 0 Å². The molecule has 0 aliphatic carbocycles. The average molecular weight is 386 g/mol. The molecule has 0 amide bonds. The molecule has 2 aromatic rings. The lowest BCUT2D eigenvalue weighted by atomic mass is 10.2. The number of rotatable bonds is 4. The maximum absolute atomic E-state index is 10.6. The molecule has 0 spiro atoms. The minimum absolute atomic E-state index is 0.613. The summed E-state index contributed by atoms with van der Waals surface area (Å²) in [5, 5.41) is 0. The van der Waals surface area contributed by atoms with E-state index in [4.69, 9.17) is 9.47 Å². The Kier molecular flexibility index (Phi) is 4.61. The van der Waals surface area contributed by atoms with Crippen LogP contribution in [0.15, 0.2) is 45.3 Å². The van der Waals surface area contributed by atoms with Gasteiger partial charge in [0.15, 0.2) is 0 Å². The van der Waals surface area contributed by atoms with Gasteiger partial charge >= 0.3 is 0 Å². The third-order valence-corrected chi connectivity index (χ3v) is 3.69. The van der Waals surface area contributed by atoms with Crippen molar-refractivity contribution in [2.24, 2.45) is 0 Å². The number of hydrogen-bond donors (Lipinski definition) is 0. The van der Waals surface area contributed by atoms with Crippen molar-refractivity contribution in [1.82, 2.24) is 0 Å². The van der Waals surface area contributed by atoms with Crippen LogP contribution < -0.4 is 9.47 Å². The molecular weight excluding hydrogens is 376 g/mol. The van der Waals surface area contributed by atoms with E-state index in [-0.39, 0.29) is 0 Å². The van der Waals surface area contributed by atoms with Crippen LogP contribution in [-0.2, 0) is 0 Å². The molecule has 3 nitrogen and oxygen atoms in total. The molecule has 0 bridgehead atoms. The van der Waals surface area contributed by atoms with Gasteiger partial charge in [0.05, 0.1) is 16.1 Å². The van der Waals surface area contributed by atoms with Gasteiger partial charge in [0.1, 0.15) is 23.5 Å². The minimum Gasteiger partial charge on any atom is -0.496 e. The quantitative estimate of drug-likeness (QED) is 0.707. The van der Waals surface area contributed by atoms with Crippen LogP contribution in [0.1, 0.15) is 10.4 Å². The smallest absolute Gasteiger partial charge is 0.150 e. The summed E-state index contributed by atoms with van der Waals surface area (Å²) < 4.78 is 12.5. The van der Waals surface area contributed by atoms with Gasteiger partial charge in [-0.3, -0.25) is 4.79 Å². The van der Waals surface area contributed by atoms with Gasteiger partial charge in [0.25, 0.3) is 0 Å². The SMILES string of the molecule is COc1cc(Br)c(Oc2ccc(C=O)cc2)cc1Br. The second kappa shape index (κ2) is 6.21. The highest BCUT2D eigenvalue weighted by Gasteiger charge is 2.09. The summed E-state index contributed by atoms with van der Waals surface area (Å²) in [4.78, 5) is 10.6. The lowest BCUT2D eigenvalue weighted by molar-refractivity contribution is 0.112.